The number of ether oxygens (including phenoxy) is 1. The second-order valence-corrected chi connectivity index (χ2v) is 8.81. The number of carbonyl (C=O) groups is 2. The van der Waals surface area contributed by atoms with Crippen LogP contribution in [0.25, 0.3) is 0 Å². The van der Waals surface area contributed by atoms with E-state index in [1.54, 1.807) is 11.9 Å². The fourth-order valence-corrected chi connectivity index (χ4v) is 4.04. The van der Waals surface area contributed by atoms with Gasteiger partial charge in [-0.05, 0) is 35.6 Å². The number of hydrogen-bond acceptors (Lipinski definition) is 3. The summed E-state index contributed by atoms with van der Waals surface area (Å²) in [6.45, 7) is 6.38. The lowest BCUT2D eigenvalue weighted by Gasteiger charge is -2.31. The number of aryl methyl sites for hydroxylation is 1. The van der Waals surface area contributed by atoms with E-state index < -0.39 is 6.04 Å². The van der Waals surface area contributed by atoms with Gasteiger partial charge in [-0.1, -0.05) is 92.2 Å². The van der Waals surface area contributed by atoms with Crippen molar-refractivity contribution in [1.29, 1.82) is 0 Å². The lowest BCUT2D eigenvalue weighted by molar-refractivity contribution is -0.142. The zero-order chi connectivity index (χ0) is 24.5. The third kappa shape index (κ3) is 6.70. The van der Waals surface area contributed by atoms with Gasteiger partial charge in [0.25, 0.3) is 5.91 Å². The molecule has 0 aliphatic heterocycles. The molecule has 0 heterocycles. The Hall–Kier alpha value is -3.60. The maximum Gasteiger partial charge on any atom is 0.261 e. The van der Waals surface area contributed by atoms with E-state index in [-0.39, 0.29) is 24.3 Å². The van der Waals surface area contributed by atoms with Gasteiger partial charge in [0.05, 0.1) is 0 Å². The van der Waals surface area contributed by atoms with E-state index in [1.165, 1.54) is 0 Å². The molecule has 0 fully saturated rings. The van der Waals surface area contributed by atoms with Crippen LogP contribution in [0.3, 0.4) is 0 Å². The van der Waals surface area contributed by atoms with Crippen LogP contribution in [0.5, 0.6) is 5.75 Å². The van der Waals surface area contributed by atoms with Crippen molar-refractivity contribution in [3.8, 4) is 5.75 Å². The second kappa shape index (κ2) is 12.0. The molecule has 3 aromatic carbocycles. The van der Waals surface area contributed by atoms with Crippen molar-refractivity contribution in [2.45, 2.75) is 45.7 Å². The van der Waals surface area contributed by atoms with Crippen molar-refractivity contribution in [3.63, 3.8) is 0 Å². The number of amides is 2. The Bertz CT molecular complexity index is 1100. The first kappa shape index (κ1) is 25.0. The van der Waals surface area contributed by atoms with Gasteiger partial charge < -0.3 is 15.0 Å². The minimum absolute atomic E-state index is 0.141. The Labute approximate surface area is 202 Å². The fraction of sp³-hybridized carbons (Fsp3) is 0.310. The predicted molar refractivity (Wildman–Crippen MR) is 136 cm³/mol. The van der Waals surface area contributed by atoms with Gasteiger partial charge in [-0.15, -0.1) is 0 Å². The van der Waals surface area contributed by atoms with Gasteiger partial charge in [0.1, 0.15) is 11.8 Å². The summed E-state index contributed by atoms with van der Waals surface area (Å²) in [5, 5.41) is 2.74. The summed E-state index contributed by atoms with van der Waals surface area (Å²) in [7, 11) is 1.60. The molecule has 0 radical (unpaired) electrons. The Morgan fingerprint density at radius 2 is 1.59 bits per heavy atom. The highest BCUT2D eigenvalue weighted by molar-refractivity contribution is 5.88. The lowest BCUT2D eigenvalue weighted by atomic mass is 10.0. The molecule has 3 rings (SSSR count). The number of nitrogens with one attached hydrogen (secondary N) is 1. The molecule has 1 atom stereocenters. The van der Waals surface area contributed by atoms with E-state index in [0.29, 0.717) is 18.7 Å². The number of para-hydroxylation sites is 1. The van der Waals surface area contributed by atoms with E-state index in [0.717, 1.165) is 22.3 Å². The van der Waals surface area contributed by atoms with E-state index in [2.05, 4.69) is 19.2 Å². The normalized spacial score (nSPS) is 11.7. The Balaban J connectivity index is 1.89. The molecule has 3 aromatic rings. The average molecular weight is 459 g/mol. The molecule has 178 valence electrons. The highest BCUT2D eigenvalue weighted by atomic mass is 16.5. The Kier molecular flexibility index (Phi) is 8.86. The molecule has 0 saturated heterocycles. The fourth-order valence-electron chi connectivity index (χ4n) is 4.04. The van der Waals surface area contributed by atoms with Crippen LogP contribution in [0.4, 0.5) is 0 Å². The molecule has 0 aromatic heterocycles. The minimum atomic E-state index is -0.663. The monoisotopic (exact) mass is 458 g/mol. The first-order chi connectivity index (χ1) is 16.4. The molecule has 5 nitrogen and oxygen atoms in total. The molecule has 1 N–H and O–H groups in total. The number of likely N-dealkylation sites (N-methyl/N-ethyl adjacent to an activating group) is 1. The van der Waals surface area contributed by atoms with Crippen LogP contribution < -0.4 is 10.1 Å². The molecule has 0 spiro atoms. The van der Waals surface area contributed by atoms with E-state index >= 15 is 0 Å². The van der Waals surface area contributed by atoms with Crippen LogP contribution in [-0.4, -0.2) is 36.4 Å². The summed E-state index contributed by atoms with van der Waals surface area (Å²) in [6.07, 6.45) is 0.417. The number of rotatable bonds is 10. The van der Waals surface area contributed by atoms with Gasteiger partial charge in [-0.25, -0.2) is 0 Å². The maximum absolute atomic E-state index is 13.6. The van der Waals surface area contributed by atoms with Crippen LogP contribution >= 0.6 is 0 Å². The predicted octanol–water partition coefficient (Wildman–Crippen LogP) is 4.88. The first-order valence-electron chi connectivity index (χ1n) is 11.7. The Morgan fingerprint density at radius 3 is 2.26 bits per heavy atom. The summed E-state index contributed by atoms with van der Waals surface area (Å²) in [5.41, 5.74) is 4.11. The Morgan fingerprint density at radius 1 is 0.912 bits per heavy atom. The topological polar surface area (TPSA) is 58.6 Å². The van der Waals surface area contributed by atoms with Crippen molar-refractivity contribution < 1.29 is 14.3 Å². The second-order valence-electron chi connectivity index (χ2n) is 8.81. The minimum Gasteiger partial charge on any atom is -0.483 e. The zero-order valence-electron chi connectivity index (χ0n) is 20.5. The number of hydrogen-bond donors (Lipinski definition) is 1. The van der Waals surface area contributed by atoms with Crippen molar-refractivity contribution in [2.24, 2.45) is 0 Å². The van der Waals surface area contributed by atoms with Crippen molar-refractivity contribution >= 4 is 11.8 Å². The number of carbonyl (C=O) groups excluding carboxylic acids is 2. The van der Waals surface area contributed by atoms with E-state index in [4.69, 9.17) is 4.74 Å². The van der Waals surface area contributed by atoms with Crippen molar-refractivity contribution in [1.82, 2.24) is 10.2 Å². The standard InChI is InChI=1S/C29H34N2O3/c1-21(2)25-15-8-9-16-27(25)34-20-28(32)31(19-24-14-10-11-22(3)17-24)26(29(33)30-4)18-23-12-6-5-7-13-23/h5-17,21,26H,18-20H2,1-4H3,(H,30,33)/t26-/m0/s1. The van der Waals surface area contributed by atoms with Crippen LogP contribution in [0.2, 0.25) is 0 Å². The summed E-state index contributed by atoms with van der Waals surface area (Å²) in [4.78, 5) is 28.2. The summed E-state index contributed by atoms with van der Waals surface area (Å²) >= 11 is 0. The summed E-state index contributed by atoms with van der Waals surface area (Å²) in [5.74, 6) is 0.532. The molecule has 0 aliphatic carbocycles. The first-order valence-corrected chi connectivity index (χ1v) is 11.7. The maximum atomic E-state index is 13.6. The molecule has 0 bridgehead atoms. The average Bonchev–Trinajstić information content (AvgIpc) is 2.85. The highest BCUT2D eigenvalue weighted by Gasteiger charge is 2.30. The van der Waals surface area contributed by atoms with Crippen molar-refractivity contribution in [2.75, 3.05) is 13.7 Å². The molecule has 2 amide bonds. The van der Waals surface area contributed by atoms with Crippen molar-refractivity contribution in [3.05, 3.63) is 101 Å². The van der Waals surface area contributed by atoms with Crippen LogP contribution in [0.1, 0.15) is 42.0 Å². The summed E-state index contributed by atoms with van der Waals surface area (Å²) in [6, 6.07) is 24.9. The number of nitrogens with zero attached hydrogens (tertiary/aromatic N) is 1. The SMILES string of the molecule is CNC(=O)[C@H](Cc1ccccc1)N(Cc1cccc(C)c1)C(=O)COc1ccccc1C(C)C. The number of benzene rings is 3. The third-order valence-corrected chi connectivity index (χ3v) is 5.85. The molecule has 0 unspecified atom stereocenters. The highest BCUT2D eigenvalue weighted by Crippen LogP contribution is 2.26. The lowest BCUT2D eigenvalue weighted by Crippen LogP contribution is -2.51. The molecule has 0 aliphatic rings. The van der Waals surface area contributed by atoms with Gasteiger partial charge in [0.15, 0.2) is 6.61 Å². The largest absolute Gasteiger partial charge is 0.483 e. The van der Waals surface area contributed by atoms with Gasteiger partial charge in [0, 0.05) is 20.0 Å². The van der Waals surface area contributed by atoms with Crippen LogP contribution in [0.15, 0.2) is 78.9 Å². The molecular weight excluding hydrogens is 424 g/mol. The van der Waals surface area contributed by atoms with Gasteiger partial charge in [-0.3, -0.25) is 9.59 Å². The van der Waals surface area contributed by atoms with Gasteiger partial charge >= 0.3 is 0 Å². The third-order valence-electron chi connectivity index (χ3n) is 5.85. The molecule has 5 heteroatoms. The van der Waals surface area contributed by atoms with Crippen LogP contribution in [0, 0.1) is 6.92 Å². The molecule has 34 heavy (non-hydrogen) atoms. The van der Waals surface area contributed by atoms with E-state index in [1.807, 2.05) is 85.8 Å². The van der Waals surface area contributed by atoms with E-state index in [9.17, 15) is 9.59 Å². The summed E-state index contributed by atoms with van der Waals surface area (Å²) < 4.78 is 5.99. The van der Waals surface area contributed by atoms with Gasteiger partial charge in [-0.2, -0.15) is 0 Å². The zero-order valence-corrected chi connectivity index (χ0v) is 20.5. The van der Waals surface area contributed by atoms with Gasteiger partial charge in [0.2, 0.25) is 5.91 Å². The molecule has 0 saturated carbocycles. The quantitative estimate of drug-likeness (QED) is 0.471. The van der Waals surface area contributed by atoms with Crippen LogP contribution in [-0.2, 0) is 22.6 Å². The smallest absolute Gasteiger partial charge is 0.261 e. The molecular formula is C29H34N2O3.